The summed E-state index contributed by atoms with van der Waals surface area (Å²) in [6.45, 7) is 0.646. The molecule has 0 bridgehead atoms. The normalized spacial score (nSPS) is 12.4. The third kappa shape index (κ3) is 30.1. The summed E-state index contributed by atoms with van der Waals surface area (Å²) in [6.07, 6.45) is 5.26. The molecule has 4 atom stereocenters. The molecular weight excluding hydrogens is 831 g/mol. The van der Waals surface area contributed by atoms with Crippen molar-refractivity contribution in [3.8, 4) is 0 Å². The second-order valence-electron chi connectivity index (χ2n) is 13.2. The molecule has 3 rings (SSSR count). The Balaban J connectivity index is 0.000000451. The van der Waals surface area contributed by atoms with Crippen LogP contribution in [-0.2, 0) is 83.2 Å². The van der Waals surface area contributed by atoms with Crippen LogP contribution in [0.5, 0.6) is 0 Å². The van der Waals surface area contributed by atoms with Crippen molar-refractivity contribution in [2.24, 2.45) is 0 Å². The van der Waals surface area contributed by atoms with Crippen LogP contribution in [0, 0.1) is 0 Å². The van der Waals surface area contributed by atoms with E-state index in [-0.39, 0.29) is 81.6 Å². The molecule has 0 saturated carbocycles. The van der Waals surface area contributed by atoms with Crippen molar-refractivity contribution in [3.63, 3.8) is 0 Å². The third-order valence-electron chi connectivity index (χ3n) is 7.74. The van der Waals surface area contributed by atoms with E-state index in [2.05, 4.69) is 16.0 Å². The SMILES string of the molecule is CS(=O)(=O)CC(CC(=O)OCc1ccccc1)NCB=O.CS(=O)CC(CC(=O)OCc1ccccc1)NCB=O.CSCC(CC(=O)OCc1ccccc1)NCB=O. The van der Waals surface area contributed by atoms with Gasteiger partial charge >= 0.3 is 363 Å². The number of nitrogens with one attached hydrogen (secondary N) is 3. The predicted octanol–water partition coefficient (Wildman–Crippen LogP) is 2.04. The number of sulfone groups is 1. The van der Waals surface area contributed by atoms with E-state index in [9.17, 15) is 41.1 Å². The Morgan fingerprint density at radius 2 is 0.950 bits per heavy atom. The first-order valence-corrected chi connectivity index (χ1v) is 24.0. The maximum atomic E-state index is 11.7. The molecular formula is C39H54B3N3O12S3. The third-order valence-corrected chi connectivity index (χ3v) is 10.4. The maximum absolute atomic E-state index is 11.7. The van der Waals surface area contributed by atoms with Crippen LogP contribution in [0.1, 0.15) is 36.0 Å². The van der Waals surface area contributed by atoms with Crippen LogP contribution >= 0.6 is 11.8 Å². The van der Waals surface area contributed by atoms with E-state index in [1.54, 1.807) is 18.0 Å². The summed E-state index contributed by atoms with van der Waals surface area (Å²) in [5.41, 5.74) is 2.74. The van der Waals surface area contributed by atoms with Gasteiger partial charge in [0, 0.05) is 0 Å². The second kappa shape index (κ2) is 33.7. The number of rotatable bonds is 27. The summed E-state index contributed by atoms with van der Waals surface area (Å²) in [4.78, 5) is 35.2. The molecule has 60 heavy (non-hydrogen) atoms. The Bertz CT molecular complexity index is 1820. The molecule has 0 aliphatic rings. The second-order valence-corrected chi connectivity index (χ2v) is 17.7. The standard InChI is InChI=1S/C13H18BNO5S.C13H18BNO4S.C13H18BNO3S/c1-21(18,19)9-12(15-10-14-17)7-13(16)20-8-11-5-3-2-4-6-11;1-20(18)9-12(15-10-14-17)7-13(16)19-8-11-5-3-2-4-6-11;1-19-9-12(15-10-14-17)7-13(16)18-8-11-5-3-2-4-6-11/h2-6,12,15H,7-10H2,1H3;2-6,12,15H,7-10H2,1H3;2-6,12,15H,7-10H2,1H3. The fourth-order valence-corrected chi connectivity index (χ4v) is 7.47. The molecule has 4 unspecified atom stereocenters. The van der Waals surface area contributed by atoms with Gasteiger partial charge in [-0.2, -0.15) is 0 Å². The van der Waals surface area contributed by atoms with Gasteiger partial charge in [0.1, 0.15) is 0 Å². The summed E-state index contributed by atoms with van der Waals surface area (Å²) in [5.74, 6) is -0.265. The molecule has 0 spiro atoms. The van der Waals surface area contributed by atoms with Gasteiger partial charge in [-0.15, -0.1) is 0 Å². The van der Waals surface area contributed by atoms with Gasteiger partial charge in [-0.05, 0) is 0 Å². The molecule has 0 amide bonds. The zero-order valence-corrected chi connectivity index (χ0v) is 36.7. The summed E-state index contributed by atoms with van der Waals surface area (Å²) >= 11 is 1.63. The van der Waals surface area contributed by atoms with Gasteiger partial charge in [0.15, 0.2) is 0 Å². The predicted molar refractivity (Wildman–Crippen MR) is 234 cm³/mol. The Morgan fingerprint density at radius 3 is 1.28 bits per heavy atom. The van der Waals surface area contributed by atoms with Crippen LogP contribution < -0.4 is 16.0 Å². The topological polar surface area (TPSA) is 217 Å². The number of carbonyl (C=O) groups excluding carboxylic acids is 3. The van der Waals surface area contributed by atoms with Crippen LogP contribution in [-0.4, -0.2) is 125 Å². The zero-order chi connectivity index (χ0) is 44.4. The summed E-state index contributed by atoms with van der Waals surface area (Å²) in [5, 5.41) is 8.58. The molecule has 3 aromatic rings. The van der Waals surface area contributed by atoms with Crippen LogP contribution in [0.2, 0.25) is 0 Å². The Morgan fingerprint density at radius 1 is 0.617 bits per heavy atom. The Kier molecular flexibility index (Phi) is 30.3. The molecule has 0 aromatic heterocycles. The molecule has 3 aromatic carbocycles. The van der Waals surface area contributed by atoms with Crippen LogP contribution in [0.3, 0.4) is 0 Å². The van der Waals surface area contributed by atoms with E-state index in [0.717, 1.165) is 35.8 Å². The van der Waals surface area contributed by atoms with Crippen molar-refractivity contribution in [2.45, 2.75) is 57.2 Å². The molecule has 0 radical (unpaired) electrons. The number of ether oxygens (including phenoxy) is 3. The van der Waals surface area contributed by atoms with Gasteiger partial charge in [0.05, 0.1) is 0 Å². The zero-order valence-electron chi connectivity index (χ0n) is 34.2. The summed E-state index contributed by atoms with van der Waals surface area (Å²) in [6, 6.07) is 27.2. The number of hydrogen-bond donors (Lipinski definition) is 3. The number of thioether (sulfide) groups is 1. The van der Waals surface area contributed by atoms with E-state index in [1.807, 2.05) is 97.3 Å². The minimum atomic E-state index is -3.25. The molecule has 324 valence electrons. The number of carbonyl (C=O) groups is 3. The van der Waals surface area contributed by atoms with Crippen molar-refractivity contribution in [2.75, 3.05) is 55.4 Å². The van der Waals surface area contributed by atoms with Gasteiger partial charge in [0.2, 0.25) is 0 Å². The molecule has 15 nitrogen and oxygen atoms in total. The van der Waals surface area contributed by atoms with Crippen molar-refractivity contribution in [1.29, 1.82) is 0 Å². The first-order chi connectivity index (χ1) is 28.8. The van der Waals surface area contributed by atoms with Crippen molar-refractivity contribution in [3.05, 3.63) is 108 Å². The van der Waals surface area contributed by atoms with Crippen LogP contribution in [0.25, 0.3) is 0 Å². The first kappa shape index (κ1) is 54.0. The van der Waals surface area contributed by atoms with Gasteiger partial charge in [-0.3, -0.25) is 0 Å². The molecule has 0 aliphatic carbocycles. The fraction of sp³-hybridized carbons (Fsp3) is 0.462. The van der Waals surface area contributed by atoms with E-state index in [1.165, 1.54) is 0 Å². The summed E-state index contributed by atoms with van der Waals surface area (Å²) < 4.78 is 80.2. The number of esters is 3. The number of hydrogen-bond acceptors (Lipinski definition) is 16. The first-order valence-electron chi connectivity index (χ1n) is 18.8. The average molecular weight is 886 g/mol. The molecule has 0 heterocycles. The van der Waals surface area contributed by atoms with E-state index in [0.29, 0.717) is 26.7 Å². The number of benzene rings is 3. The van der Waals surface area contributed by atoms with E-state index >= 15 is 0 Å². The average Bonchev–Trinajstić information content (AvgIpc) is 3.22. The fourth-order valence-electron chi connectivity index (χ4n) is 5.06. The molecule has 0 saturated heterocycles. The van der Waals surface area contributed by atoms with Crippen molar-refractivity contribution in [1.82, 2.24) is 16.0 Å². The minimum absolute atomic E-state index is 0.00779. The van der Waals surface area contributed by atoms with E-state index < -0.39 is 32.6 Å². The molecule has 21 heteroatoms. The van der Waals surface area contributed by atoms with Gasteiger partial charge in [0.25, 0.3) is 0 Å². The van der Waals surface area contributed by atoms with Gasteiger partial charge in [-0.1, -0.05) is 0 Å². The molecule has 0 fully saturated rings. The van der Waals surface area contributed by atoms with Gasteiger partial charge < -0.3 is 0 Å². The molecule has 3 N–H and O–H groups in total. The summed E-state index contributed by atoms with van der Waals surface area (Å²) in [7, 11) is -2.18. The Labute approximate surface area is 361 Å². The van der Waals surface area contributed by atoms with Crippen molar-refractivity contribution < 1.29 is 55.3 Å². The molecule has 0 aliphatic heterocycles. The quantitative estimate of drug-likeness (QED) is 0.0567. The van der Waals surface area contributed by atoms with Crippen LogP contribution in [0.15, 0.2) is 91.0 Å². The van der Waals surface area contributed by atoms with Crippen molar-refractivity contribution >= 4 is 71.8 Å². The van der Waals surface area contributed by atoms with Gasteiger partial charge in [-0.25, -0.2) is 0 Å². The Hall–Kier alpha value is -4.01. The van der Waals surface area contributed by atoms with Crippen LogP contribution in [0.4, 0.5) is 0 Å². The van der Waals surface area contributed by atoms with E-state index in [4.69, 9.17) is 14.2 Å². The monoisotopic (exact) mass is 885 g/mol.